The number of hydrogen-bond acceptors (Lipinski definition) is 5. The summed E-state index contributed by atoms with van der Waals surface area (Å²) >= 11 is 0. The molecule has 26 heavy (non-hydrogen) atoms. The van der Waals surface area contributed by atoms with E-state index in [-0.39, 0.29) is 5.75 Å². The Labute approximate surface area is 150 Å². The van der Waals surface area contributed by atoms with Gasteiger partial charge in [-0.2, -0.15) is 0 Å². The number of anilines is 2. The summed E-state index contributed by atoms with van der Waals surface area (Å²) in [5.74, 6) is 1.80. The number of aromatic hydroxyl groups is 1. The second-order valence-corrected chi connectivity index (χ2v) is 6.11. The molecule has 0 radical (unpaired) electrons. The molecule has 0 saturated heterocycles. The quantitative estimate of drug-likeness (QED) is 0.522. The zero-order valence-corrected chi connectivity index (χ0v) is 14.7. The van der Waals surface area contributed by atoms with E-state index in [4.69, 9.17) is 4.74 Å². The maximum atomic E-state index is 9.87. The summed E-state index contributed by atoms with van der Waals surface area (Å²) in [4.78, 5) is 8.87. The molecule has 4 aromatic rings. The van der Waals surface area contributed by atoms with Gasteiger partial charge >= 0.3 is 0 Å². The Kier molecular flexibility index (Phi) is 3.76. The number of para-hydroxylation sites is 1. The molecular formula is C19H19N5O2. The molecule has 132 valence electrons. The summed E-state index contributed by atoms with van der Waals surface area (Å²) in [7, 11) is 1.52. The van der Waals surface area contributed by atoms with E-state index in [1.165, 1.54) is 7.11 Å². The molecule has 2 heterocycles. The summed E-state index contributed by atoms with van der Waals surface area (Å²) in [6.07, 6.45) is 1.60. The summed E-state index contributed by atoms with van der Waals surface area (Å²) in [5.41, 5.74) is 4.82. The number of nitrogens with zero attached hydrogens (tertiary/aromatic N) is 3. The van der Waals surface area contributed by atoms with E-state index in [1.54, 1.807) is 29.0 Å². The van der Waals surface area contributed by atoms with Crippen LogP contribution in [0, 0.1) is 13.8 Å². The SMILES string of the molecule is COc1cc(-c2nc3nc[nH]n3c2Nc2c(C)cccc2C)ccc1O. The molecule has 0 spiro atoms. The molecule has 0 aliphatic rings. The fourth-order valence-electron chi connectivity index (χ4n) is 3.03. The number of fused-ring (bicyclic) bond motifs is 1. The number of rotatable bonds is 4. The molecule has 0 aliphatic carbocycles. The zero-order valence-electron chi connectivity index (χ0n) is 14.7. The van der Waals surface area contributed by atoms with Crippen molar-refractivity contribution in [3.63, 3.8) is 0 Å². The van der Waals surface area contributed by atoms with Gasteiger partial charge in [-0.15, -0.1) is 0 Å². The number of hydrogen-bond donors (Lipinski definition) is 3. The third-order valence-corrected chi connectivity index (χ3v) is 4.40. The highest BCUT2D eigenvalue weighted by Gasteiger charge is 2.18. The Hall–Kier alpha value is -3.48. The van der Waals surface area contributed by atoms with E-state index in [0.29, 0.717) is 17.2 Å². The number of H-pyrrole nitrogens is 1. The molecule has 0 amide bonds. The maximum absolute atomic E-state index is 9.87. The van der Waals surface area contributed by atoms with Crippen molar-refractivity contribution in [3.8, 4) is 22.8 Å². The largest absolute Gasteiger partial charge is 0.504 e. The predicted octanol–water partition coefficient (Wildman–Crippen LogP) is 3.80. The first-order valence-corrected chi connectivity index (χ1v) is 8.21. The number of phenols is 1. The Morgan fingerprint density at radius 2 is 1.92 bits per heavy atom. The van der Waals surface area contributed by atoms with Crippen LogP contribution in [-0.4, -0.2) is 31.8 Å². The van der Waals surface area contributed by atoms with Crippen LogP contribution in [0.5, 0.6) is 11.5 Å². The molecule has 4 rings (SSSR count). The van der Waals surface area contributed by atoms with Crippen LogP contribution in [0.25, 0.3) is 17.0 Å². The molecule has 3 N–H and O–H groups in total. The van der Waals surface area contributed by atoms with Gasteiger partial charge in [0.1, 0.15) is 12.0 Å². The standard InChI is InChI=1S/C19H19N5O2/c1-11-5-4-6-12(2)16(11)22-18-17(23-19-20-10-21-24(18)19)13-7-8-14(25)15(9-13)26-3/h4-10,22,25H,1-3H3,(H,20,21,23). The summed E-state index contributed by atoms with van der Waals surface area (Å²) in [5, 5.41) is 16.4. The first kappa shape index (κ1) is 16.0. The Morgan fingerprint density at radius 3 is 2.65 bits per heavy atom. The van der Waals surface area contributed by atoms with Crippen LogP contribution in [-0.2, 0) is 0 Å². The van der Waals surface area contributed by atoms with Crippen molar-refractivity contribution in [1.82, 2.24) is 19.6 Å². The van der Waals surface area contributed by atoms with Gasteiger partial charge in [-0.05, 0) is 43.2 Å². The molecule has 0 saturated carbocycles. The van der Waals surface area contributed by atoms with E-state index in [2.05, 4.69) is 46.4 Å². The van der Waals surface area contributed by atoms with Crippen LogP contribution in [0.2, 0.25) is 0 Å². The van der Waals surface area contributed by atoms with Gasteiger partial charge in [-0.3, -0.25) is 5.10 Å². The highest BCUT2D eigenvalue weighted by molar-refractivity contribution is 5.81. The highest BCUT2D eigenvalue weighted by Crippen LogP contribution is 2.36. The van der Waals surface area contributed by atoms with Crippen molar-refractivity contribution < 1.29 is 9.84 Å². The molecule has 7 heteroatoms. The Morgan fingerprint density at radius 1 is 1.15 bits per heavy atom. The summed E-state index contributed by atoms with van der Waals surface area (Å²) in [6.45, 7) is 4.12. The minimum Gasteiger partial charge on any atom is -0.504 e. The lowest BCUT2D eigenvalue weighted by Gasteiger charge is -2.13. The van der Waals surface area contributed by atoms with Gasteiger partial charge in [0.15, 0.2) is 17.3 Å². The van der Waals surface area contributed by atoms with Gasteiger partial charge in [0.2, 0.25) is 0 Å². The number of imidazole rings is 1. The van der Waals surface area contributed by atoms with Crippen LogP contribution in [0.4, 0.5) is 11.5 Å². The molecule has 0 unspecified atom stereocenters. The fourth-order valence-corrected chi connectivity index (χ4v) is 3.03. The van der Waals surface area contributed by atoms with Crippen molar-refractivity contribution in [2.75, 3.05) is 12.4 Å². The molecule has 0 atom stereocenters. The van der Waals surface area contributed by atoms with E-state index < -0.39 is 0 Å². The predicted molar refractivity (Wildman–Crippen MR) is 100 cm³/mol. The second kappa shape index (κ2) is 6.11. The first-order valence-electron chi connectivity index (χ1n) is 8.21. The monoisotopic (exact) mass is 349 g/mol. The average Bonchev–Trinajstić information content (AvgIpc) is 3.21. The van der Waals surface area contributed by atoms with Crippen LogP contribution in [0.15, 0.2) is 42.7 Å². The van der Waals surface area contributed by atoms with Crippen molar-refractivity contribution in [1.29, 1.82) is 0 Å². The number of benzene rings is 2. The number of nitrogens with one attached hydrogen (secondary N) is 2. The molecule has 2 aromatic heterocycles. The summed E-state index contributed by atoms with van der Waals surface area (Å²) in [6, 6.07) is 11.3. The van der Waals surface area contributed by atoms with Crippen LogP contribution < -0.4 is 10.1 Å². The maximum Gasteiger partial charge on any atom is 0.252 e. The van der Waals surface area contributed by atoms with Crippen LogP contribution in [0.3, 0.4) is 0 Å². The van der Waals surface area contributed by atoms with Crippen molar-refractivity contribution in [3.05, 3.63) is 53.9 Å². The fraction of sp³-hybridized carbons (Fsp3) is 0.158. The van der Waals surface area contributed by atoms with Gasteiger partial charge in [0, 0.05) is 11.3 Å². The van der Waals surface area contributed by atoms with Crippen LogP contribution >= 0.6 is 0 Å². The number of aromatic amines is 1. The lowest BCUT2D eigenvalue weighted by Crippen LogP contribution is -2.01. The Bertz CT molecular complexity index is 1080. The molecule has 7 nitrogen and oxygen atoms in total. The number of aromatic nitrogens is 4. The van der Waals surface area contributed by atoms with E-state index in [9.17, 15) is 5.11 Å². The van der Waals surface area contributed by atoms with Gasteiger partial charge in [0.25, 0.3) is 5.78 Å². The second-order valence-electron chi connectivity index (χ2n) is 6.11. The Balaban J connectivity index is 1.89. The van der Waals surface area contributed by atoms with Crippen molar-refractivity contribution in [2.45, 2.75) is 13.8 Å². The molecule has 0 aliphatic heterocycles. The highest BCUT2D eigenvalue weighted by atomic mass is 16.5. The van der Waals surface area contributed by atoms with Gasteiger partial charge in [-0.25, -0.2) is 14.5 Å². The van der Waals surface area contributed by atoms with Crippen molar-refractivity contribution in [2.24, 2.45) is 0 Å². The number of phenolic OH excluding ortho intramolecular Hbond substituents is 1. The lowest BCUT2D eigenvalue weighted by atomic mass is 10.1. The van der Waals surface area contributed by atoms with E-state index in [1.807, 2.05) is 6.07 Å². The normalized spacial score (nSPS) is 11.0. The number of methoxy groups -OCH3 is 1. The minimum absolute atomic E-state index is 0.0865. The van der Waals surface area contributed by atoms with E-state index in [0.717, 1.165) is 28.2 Å². The third kappa shape index (κ3) is 2.54. The average molecular weight is 349 g/mol. The topological polar surface area (TPSA) is 87.5 Å². The molecule has 2 aromatic carbocycles. The summed E-state index contributed by atoms with van der Waals surface area (Å²) < 4.78 is 7.02. The zero-order chi connectivity index (χ0) is 18.3. The van der Waals surface area contributed by atoms with Crippen molar-refractivity contribution >= 4 is 17.3 Å². The molecular weight excluding hydrogens is 330 g/mol. The first-order chi connectivity index (χ1) is 12.6. The lowest BCUT2D eigenvalue weighted by molar-refractivity contribution is 0.373. The number of ether oxygens (including phenoxy) is 1. The third-order valence-electron chi connectivity index (χ3n) is 4.40. The van der Waals surface area contributed by atoms with Gasteiger partial charge in [-0.1, -0.05) is 18.2 Å². The van der Waals surface area contributed by atoms with E-state index >= 15 is 0 Å². The van der Waals surface area contributed by atoms with Crippen LogP contribution in [0.1, 0.15) is 11.1 Å². The van der Waals surface area contributed by atoms with Gasteiger partial charge < -0.3 is 15.2 Å². The minimum atomic E-state index is 0.0865. The van der Waals surface area contributed by atoms with Gasteiger partial charge in [0.05, 0.1) is 7.11 Å². The molecule has 0 bridgehead atoms. The molecule has 0 fully saturated rings. The smallest absolute Gasteiger partial charge is 0.252 e. The number of aryl methyl sites for hydroxylation is 2.